The normalized spacial score (nSPS) is 15.5. The third-order valence-electron chi connectivity index (χ3n) is 4.76. The van der Waals surface area contributed by atoms with Crippen LogP contribution in [0.3, 0.4) is 0 Å². The van der Waals surface area contributed by atoms with Crippen molar-refractivity contribution in [1.29, 1.82) is 0 Å². The Morgan fingerprint density at radius 1 is 1.25 bits per heavy atom. The van der Waals surface area contributed by atoms with Crippen LogP contribution in [0.15, 0.2) is 18.2 Å². The number of nitrogens with zero attached hydrogens (tertiary/aromatic N) is 2. The molecule has 5 heteroatoms. The van der Waals surface area contributed by atoms with E-state index < -0.39 is 0 Å². The van der Waals surface area contributed by atoms with Crippen molar-refractivity contribution in [3.05, 3.63) is 29.6 Å². The molecule has 0 saturated heterocycles. The van der Waals surface area contributed by atoms with Gasteiger partial charge in [-0.15, -0.1) is 0 Å². The largest absolute Gasteiger partial charge is 0.494 e. The van der Waals surface area contributed by atoms with Crippen molar-refractivity contribution in [2.45, 2.75) is 38.6 Å². The van der Waals surface area contributed by atoms with Crippen molar-refractivity contribution in [3.8, 4) is 5.75 Å². The number of hydrogen-bond donors (Lipinski definition) is 0. The van der Waals surface area contributed by atoms with Crippen molar-refractivity contribution in [1.82, 2.24) is 9.80 Å². The second kappa shape index (κ2) is 9.02. The third-order valence-corrected chi connectivity index (χ3v) is 4.76. The van der Waals surface area contributed by atoms with Gasteiger partial charge in [0.15, 0.2) is 11.6 Å². The average molecular weight is 336 g/mol. The van der Waals surface area contributed by atoms with Crippen molar-refractivity contribution < 1.29 is 13.9 Å². The van der Waals surface area contributed by atoms with Crippen LogP contribution in [0, 0.1) is 11.7 Å². The molecule has 0 heterocycles. The van der Waals surface area contributed by atoms with Gasteiger partial charge in [-0.25, -0.2) is 4.39 Å². The molecular formula is C19H29FN2O2. The molecule has 0 radical (unpaired) electrons. The molecule has 0 bridgehead atoms. The van der Waals surface area contributed by atoms with Gasteiger partial charge in [-0.3, -0.25) is 9.69 Å². The summed E-state index contributed by atoms with van der Waals surface area (Å²) in [6, 6.07) is 4.91. The number of likely N-dealkylation sites (N-methyl/N-ethyl adjacent to an activating group) is 2. The van der Waals surface area contributed by atoms with E-state index in [0.29, 0.717) is 19.0 Å². The first-order chi connectivity index (χ1) is 11.5. The number of ether oxygens (including phenoxy) is 1. The molecule has 1 saturated carbocycles. The first-order valence-electron chi connectivity index (χ1n) is 8.74. The molecular weight excluding hydrogens is 307 g/mol. The number of halogens is 1. The maximum Gasteiger partial charge on any atom is 0.236 e. The summed E-state index contributed by atoms with van der Waals surface area (Å²) in [4.78, 5) is 16.1. The molecule has 0 spiro atoms. The lowest BCUT2D eigenvalue weighted by Gasteiger charge is -2.28. The van der Waals surface area contributed by atoms with E-state index in [9.17, 15) is 9.18 Å². The van der Waals surface area contributed by atoms with E-state index in [2.05, 4.69) is 0 Å². The lowest BCUT2D eigenvalue weighted by atomic mass is 9.89. The zero-order chi connectivity index (χ0) is 17.5. The van der Waals surface area contributed by atoms with Crippen molar-refractivity contribution >= 4 is 5.91 Å². The topological polar surface area (TPSA) is 32.8 Å². The van der Waals surface area contributed by atoms with Gasteiger partial charge in [0, 0.05) is 20.1 Å². The second-order valence-corrected chi connectivity index (χ2v) is 6.92. The summed E-state index contributed by atoms with van der Waals surface area (Å²) in [5.74, 6) is 0.639. The Morgan fingerprint density at radius 2 is 1.96 bits per heavy atom. The summed E-state index contributed by atoms with van der Waals surface area (Å²) < 4.78 is 18.7. The SMILES string of the molecule is COc1ccc(CN(C)CC(=O)N(C)CC2CCCCC2)cc1F. The zero-order valence-electron chi connectivity index (χ0n) is 15.1. The van der Waals surface area contributed by atoms with Crippen LogP contribution in [-0.4, -0.2) is 50.0 Å². The molecule has 1 fully saturated rings. The Hall–Kier alpha value is -1.62. The minimum absolute atomic E-state index is 0.122. The number of benzene rings is 1. The number of methoxy groups -OCH3 is 1. The summed E-state index contributed by atoms with van der Waals surface area (Å²) in [5.41, 5.74) is 0.832. The van der Waals surface area contributed by atoms with Crippen molar-refractivity contribution in [2.75, 3.05) is 34.3 Å². The van der Waals surface area contributed by atoms with Gasteiger partial charge in [0.1, 0.15) is 0 Å². The van der Waals surface area contributed by atoms with Crippen LogP contribution >= 0.6 is 0 Å². The summed E-state index contributed by atoms with van der Waals surface area (Å²) in [7, 11) is 5.22. The first-order valence-corrected chi connectivity index (χ1v) is 8.74. The summed E-state index contributed by atoms with van der Waals surface area (Å²) in [6.07, 6.45) is 6.37. The van der Waals surface area contributed by atoms with Crippen LogP contribution in [0.4, 0.5) is 4.39 Å². The number of amides is 1. The first kappa shape index (κ1) is 18.7. The summed E-state index contributed by atoms with van der Waals surface area (Å²) in [5, 5.41) is 0. The van der Waals surface area contributed by atoms with E-state index in [-0.39, 0.29) is 17.5 Å². The Balaban J connectivity index is 1.81. The van der Waals surface area contributed by atoms with Gasteiger partial charge < -0.3 is 9.64 Å². The Kier molecular flexibility index (Phi) is 7.03. The van der Waals surface area contributed by atoms with E-state index in [4.69, 9.17) is 4.74 Å². The number of carbonyl (C=O) groups excluding carboxylic acids is 1. The fraction of sp³-hybridized carbons (Fsp3) is 0.632. The lowest BCUT2D eigenvalue weighted by Crippen LogP contribution is -2.39. The van der Waals surface area contributed by atoms with Gasteiger partial charge in [-0.2, -0.15) is 0 Å². The average Bonchev–Trinajstić information content (AvgIpc) is 2.55. The van der Waals surface area contributed by atoms with Gasteiger partial charge in [-0.1, -0.05) is 25.3 Å². The molecule has 0 aliphatic heterocycles. The summed E-state index contributed by atoms with van der Waals surface area (Å²) in [6.45, 7) is 1.73. The van der Waals surface area contributed by atoms with Crippen LogP contribution in [0.5, 0.6) is 5.75 Å². The lowest BCUT2D eigenvalue weighted by molar-refractivity contribution is -0.131. The van der Waals surface area contributed by atoms with Crippen LogP contribution in [0.25, 0.3) is 0 Å². The zero-order valence-corrected chi connectivity index (χ0v) is 15.1. The van der Waals surface area contributed by atoms with Crippen molar-refractivity contribution in [3.63, 3.8) is 0 Å². The molecule has 24 heavy (non-hydrogen) atoms. The standard InChI is InChI=1S/C19H29FN2O2/c1-21(12-16-9-10-18(24-3)17(20)11-16)14-19(23)22(2)13-15-7-5-4-6-8-15/h9-11,15H,4-8,12-14H2,1-3H3. The molecule has 1 aliphatic rings. The number of hydrogen-bond acceptors (Lipinski definition) is 3. The van der Waals surface area contributed by atoms with Crippen LogP contribution in [0.2, 0.25) is 0 Å². The number of carbonyl (C=O) groups is 1. The van der Waals surface area contributed by atoms with E-state index in [1.54, 1.807) is 6.07 Å². The highest BCUT2D eigenvalue weighted by Crippen LogP contribution is 2.24. The summed E-state index contributed by atoms with van der Waals surface area (Å²) >= 11 is 0. The Bertz CT molecular complexity index is 544. The maximum absolute atomic E-state index is 13.7. The van der Waals surface area contributed by atoms with Crippen LogP contribution in [0.1, 0.15) is 37.7 Å². The molecule has 0 aromatic heterocycles. The monoisotopic (exact) mass is 336 g/mol. The fourth-order valence-corrected chi connectivity index (χ4v) is 3.39. The van der Waals surface area contributed by atoms with Gasteiger partial charge >= 0.3 is 0 Å². The highest BCUT2D eigenvalue weighted by Gasteiger charge is 2.19. The van der Waals surface area contributed by atoms with E-state index in [1.807, 2.05) is 30.0 Å². The molecule has 2 rings (SSSR count). The predicted octanol–water partition coefficient (Wildman–Crippen LogP) is 3.30. The minimum Gasteiger partial charge on any atom is -0.494 e. The molecule has 1 aromatic carbocycles. The second-order valence-electron chi connectivity index (χ2n) is 6.92. The predicted molar refractivity (Wildman–Crippen MR) is 93.5 cm³/mol. The molecule has 0 unspecified atom stereocenters. The highest BCUT2D eigenvalue weighted by molar-refractivity contribution is 5.77. The third kappa shape index (κ3) is 5.48. The molecule has 134 valence electrons. The van der Waals surface area contributed by atoms with Gasteiger partial charge in [0.05, 0.1) is 13.7 Å². The molecule has 0 N–H and O–H groups in total. The molecule has 4 nitrogen and oxygen atoms in total. The molecule has 0 atom stereocenters. The fourth-order valence-electron chi connectivity index (χ4n) is 3.39. The van der Waals surface area contributed by atoms with Crippen LogP contribution < -0.4 is 4.74 Å². The highest BCUT2D eigenvalue weighted by atomic mass is 19.1. The van der Waals surface area contributed by atoms with Gasteiger partial charge in [0.2, 0.25) is 5.91 Å². The molecule has 1 amide bonds. The Morgan fingerprint density at radius 3 is 2.58 bits per heavy atom. The maximum atomic E-state index is 13.7. The van der Waals surface area contributed by atoms with Gasteiger partial charge in [-0.05, 0) is 43.5 Å². The molecule has 1 aliphatic carbocycles. The van der Waals surface area contributed by atoms with Gasteiger partial charge in [0.25, 0.3) is 0 Å². The van der Waals surface area contributed by atoms with Crippen molar-refractivity contribution in [2.24, 2.45) is 5.92 Å². The van der Waals surface area contributed by atoms with E-state index in [1.165, 1.54) is 45.3 Å². The smallest absolute Gasteiger partial charge is 0.236 e. The van der Waals surface area contributed by atoms with E-state index >= 15 is 0 Å². The number of rotatable bonds is 7. The minimum atomic E-state index is -0.371. The quantitative estimate of drug-likeness (QED) is 0.766. The van der Waals surface area contributed by atoms with Crippen LogP contribution in [-0.2, 0) is 11.3 Å². The van der Waals surface area contributed by atoms with E-state index in [0.717, 1.165) is 12.1 Å². The molecule has 1 aromatic rings. The Labute approximate surface area is 144 Å².